The first-order chi connectivity index (χ1) is 9.06. The molecule has 1 aromatic rings. The van der Waals surface area contributed by atoms with Gasteiger partial charge in [-0.25, -0.2) is 4.98 Å². The molecular formula is C15H23N3O. The molecule has 1 amide bonds. The molecule has 0 aromatic carbocycles. The molecule has 0 saturated heterocycles. The van der Waals surface area contributed by atoms with Crippen molar-refractivity contribution >= 4 is 11.7 Å². The van der Waals surface area contributed by atoms with E-state index >= 15 is 0 Å². The Kier molecular flexibility index (Phi) is 4.40. The third-order valence-electron chi connectivity index (χ3n) is 3.79. The number of rotatable bonds is 4. The fraction of sp³-hybridized carbons (Fsp3) is 0.600. The molecule has 0 bridgehead atoms. The van der Waals surface area contributed by atoms with Gasteiger partial charge in [-0.2, -0.15) is 0 Å². The van der Waals surface area contributed by atoms with E-state index < -0.39 is 0 Å². The number of carbonyl (C=O) groups is 1. The molecule has 2 rings (SSSR count). The summed E-state index contributed by atoms with van der Waals surface area (Å²) in [6, 6.07) is 3.71. The van der Waals surface area contributed by atoms with E-state index in [4.69, 9.17) is 0 Å². The molecule has 1 saturated carbocycles. The van der Waals surface area contributed by atoms with Crippen LogP contribution in [0.25, 0.3) is 0 Å². The molecule has 1 aromatic heterocycles. The van der Waals surface area contributed by atoms with Crippen molar-refractivity contribution in [3.05, 3.63) is 23.9 Å². The maximum absolute atomic E-state index is 11.7. The largest absolute Gasteiger partial charge is 0.370 e. The van der Waals surface area contributed by atoms with E-state index in [-0.39, 0.29) is 5.91 Å². The molecule has 0 radical (unpaired) electrons. The number of hydrogen-bond donors (Lipinski definition) is 1. The zero-order valence-corrected chi connectivity index (χ0v) is 12.0. The minimum Gasteiger partial charge on any atom is -0.370 e. The standard InChI is InChI=1S/C15H23N3O/c1-11-4-5-12(8-11)9-16-14-7-6-13(10-17-14)15(19)18(2)3/h6-7,10-12H,4-5,8-9H2,1-3H3,(H,16,17). The molecule has 1 N–H and O–H groups in total. The van der Waals surface area contributed by atoms with Crippen molar-refractivity contribution in [2.24, 2.45) is 11.8 Å². The second kappa shape index (κ2) is 6.04. The minimum atomic E-state index is -0.0105. The van der Waals surface area contributed by atoms with Gasteiger partial charge in [0.25, 0.3) is 5.91 Å². The number of hydrogen-bond acceptors (Lipinski definition) is 3. The lowest BCUT2D eigenvalue weighted by molar-refractivity contribution is 0.0827. The van der Waals surface area contributed by atoms with Gasteiger partial charge in [-0.05, 0) is 36.8 Å². The third-order valence-corrected chi connectivity index (χ3v) is 3.79. The Hall–Kier alpha value is -1.58. The van der Waals surface area contributed by atoms with Gasteiger partial charge in [0.05, 0.1) is 5.56 Å². The Balaban J connectivity index is 1.87. The average Bonchev–Trinajstić information content (AvgIpc) is 2.82. The average molecular weight is 261 g/mol. The van der Waals surface area contributed by atoms with Crippen molar-refractivity contribution in [2.75, 3.05) is 26.0 Å². The second-order valence-corrected chi connectivity index (χ2v) is 5.80. The van der Waals surface area contributed by atoms with Crippen LogP contribution in [0, 0.1) is 11.8 Å². The molecule has 1 heterocycles. The molecule has 0 aliphatic heterocycles. The maximum Gasteiger partial charge on any atom is 0.254 e. The molecule has 4 nitrogen and oxygen atoms in total. The first kappa shape index (κ1) is 13.8. The number of aromatic nitrogens is 1. The van der Waals surface area contributed by atoms with Crippen LogP contribution in [0.5, 0.6) is 0 Å². The topological polar surface area (TPSA) is 45.2 Å². The second-order valence-electron chi connectivity index (χ2n) is 5.80. The normalized spacial score (nSPS) is 22.3. The van der Waals surface area contributed by atoms with E-state index in [1.807, 2.05) is 12.1 Å². The van der Waals surface area contributed by atoms with E-state index in [0.29, 0.717) is 5.56 Å². The molecule has 1 aliphatic rings. The summed E-state index contributed by atoms with van der Waals surface area (Å²) < 4.78 is 0. The predicted octanol–water partition coefficient (Wildman–Crippen LogP) is 2.63. The van der Waals surface area contributed by atoms with Gasteiger partial charge in [0.2, 0.25) is 0 Å². The number of anilines is 1. The van der Waals surface area contributed by atoms with E-state index in [1.54, 1.807) is 25.2 Å². The molecule has 0 spiro atoms. The summed E-state index contributed by atoms with van der Waals surface area (Å²) in [5, 5.41) is 3.37. The smallest absolute Gasteiger partial charge is 0.254 e. The van der Waals surface area contributed by atoms with Crippen LogP contribution in [0.2, 0.25) is 0 Å². The molecule has 19 heavy (non-hydrogen) atoms. The van der Waals surface area contributed by atoms with Gasteiger partial charge in [-0.3, -0.25) is 4.79 Å². The van der Waals surface area contributed by atoms with Crippen molar-refractivity contribution in [2.45, 2.75) is 26.2 Å². The SMILES string of the molecule is CC1CCC(CNc2ccc(C(=O)N(C)C)cn2)C1. The number of nitrogens with zero attached hydrogens (tertiary/aromatic N) is 2. The fourth-order valence-electron chi connectivity index (χ4n) is 2.64. The van der Waals surface area contributed by atoms with Crippen LogP contribution in [0.15, 0.2) is 18.3 Å². The molecule has 4 heteroatoms. The molecule has 1 fully saturated rings. The predicted molar refractivity (Wildman–Crippen MR) is 77.2 cm³/mol. The van der Waals surface area contributed by atoms with Crippen LogP contribution in [0.3, 0.4) is 0 Å². The third kappa shape index (κ3) is 3.69. The highest BCUT2D eigenvalue weighted by Crippen LogP contribution is 2.30. The summed E-state index contributed by atoms with van der Waals surface area (Å²) in [4.78, 5) is 17.6. The van der Waals surface area contributed by atoms with Crippen LogP contribution >= 0.6 is 0 Å². The van der Waals surface area contributed by atoms with Crippen molar-refractivity contribution < 1.29 is 4.79 Å². The van der Waals surface area contributed by atoms with Crippen molar-refractivity contribution in [3.8, 4) is 0 Å². The van der Waals surface area contributed by atoms with Gasteiger partial charge in [0, 0.05) is 26.8 Å². The highest BCUT2D eigenvalue weighted by atomic mass is 16.2. The zero-order valence-electron chi connectivity index (χ0n) is 12.0. The van der Waals surface area contributed by atoms with Gasteiger partial charge < -0.3 is 10.2 Å². The van der Waals surface area contributed by atoms with Crippen LogP contribution in [0.1, 0.15) is 36.5 Å². The van der Waals surface area contributed by atoms with Crippen molar-refractivity contribution in [3.63, 3.8) is 0 Å². The number of amides is 1. The molecule has 2 atom stereocenters. The summed E-state index contributed by atoms with van der Waals surface area (Å²) >= 11 is 0. The highest BCUT2D eigenvalue weighted by Gasteiger charge is 2.20. The quantitative estimate of drug-likeness (QED) is 0.906. The number of nitrogens with one attached hydrogen (secondary N) is 1. The lowest BCUT2D eigenvalue weighted by atomic mass is 10.1. The van der Waals surface area contributed by atoms with Gasteiger partial charge >= 0.3 is 0 Å². The maximum atomic E-state index is 11.7. The van der Waals surface area contributed by atoms with Crippen LogP contribution in [0.4, 0.5) is 5.82 Å². The van der Waals surface area contributed by atoms with Gasteiger partial charge in [-0.1, -0.05) is 13.3 Å². The van der Waals surface area contributed by atoms with E-state index in [2.05, 4.69) is 17.2 Å². The van der Waals surface area contributed by atoms with E-state index in [1.165, 1.54) is 19.3 Å². The summed E-state index contributed by atoms with van der Waals surface area (Å²) in [5.74, 6) is 2.47. The summed E-state index contributed by atoms with van der Waals surface area (Å²) in [6.07, 6.45) is 5.60. The highest BCUT2D eigenvalue weighted by molar-refractivity contribution is 5.93. The van der Waals surface area contributed by atoms with Crippen LogP contribution < -0.4 is 5.32 Å². The van der Waals surface area contributed by atoms with E-state index in [9.17, 15) is 4.79 Å². The lowest BCUT2D eigenvalue weighted by Crippen LogP contribution is -2.21. The summed E-state index contributed by atoms with van der Waals surface area (Å²) in [7, 11) is 3.49. The Morgan fingerprint density at radius 2 is 2.21 bits per heavy atom. The molecular weight excluding hydrogens is 238 g/mol. The van der Waals surface area contributed by atoms with Gasteiger partial charge in [0.1, 0.15) is 5.82 Å². The van der Waals surface area contributed by atoms with Crippen LogP contribution in [-0.4, -0.2) is 36.4 Å². The Morgan fingerprint density at radius 3 is 2.74 bits per heavy atom. The lowest BCUT2D eigenvalue weighted by Gasteiger charge is -2.13. The summed E-state index contributed by atoms with van der Waals surface area (Å²) in [6.45, 7) is 3.30. The van der Waals surface area contributed by atoms with E-state index in [0.717, 1.165) is 24.2 Å². The monoisotopic (exact) mass is 261 g/mol. The Morgan fingerprint density at radius 1 is 1.42 bits per heavy atom. The van der Waals surface area contributed by atoms with Crippen molar-refractivity contribution in [1.82, 2.24) is 9.88 Å². The number of pyridine rings is 1. The molecule has 104 valence electrons. The first-order valence-electron chi connectivity index (χ1n) is 6.98. The Labute approximate surface area is 115 Å². The Bertz CT molecular complexity index is 428. The van der Waals surface area contributed by atoms with Crippen LogP contribution in [-0.2, 0) is 0 Å². The molecule has 2 unspecified atom stereocenters. The first-order valence-corrected chi connectivity index (χ1v) is 6.98. The number of carbonyl (C=O) groups excluding carboxylic acids is 1. The van der Waals surface area contributed by atoms with Gasteiger partial charge in [-0.15, -0.1) is 0 Å². The fourth-order valence-corrected chi connectivity index (χ4v) is 2.64. The molecule has 1 aliphatic carbocycles. The van der Waals surface area contributed by atoms with Crippen molar-refractivity contribution in [1.29, 1.82) is 0 Å². The zero-order chi connectivity index (χ0) is 13.8. The minimum absolute atomic E-state index is 0.0105. The van der Waals surface area contributed by atoms with Gasteiger partial charge in [0.15, 0.2) is 0 Å². The summed E-state index contributed by atoms with van der Waals surface area (Å²) in [5.41, 5.74) is 0.630.